The van der Waals surface area contributed by atoms with E-state index in [-0.39, 0.29) is 18.6 Å². The molecule has 1 aliphatic carbocycles. The molecule has 0 saturated heterocycles. The summed E-state index contributed by atoms with van der Waals surface area (Å²) in [5.74, 6) is 1.18. The Morgan fingerprint density at radius 1 is 1.42 bits per heavy atom. The second kappa shape index (κ2) is 9.03. The third kappa shape index (κ3) is 5.33. The zero-order valence-electron chi connectivity index (χ0n) is 14.3. The maximum absolute atomic E-state index is 12.1. The van der Waals surface area contributed by atoms with E-state index in [1.807, 2.05) is 6.92 Å². The molecular weight excluding hydrogens is 394 g/mol. The van der Waals surface area contributed by atoms with Crippen LogP contribution >= 0.6 is 34.7 Å². The van der Waals surface area contributed by atoms with Gasteiger partial charge in [0.25, 0.3) is 0 Å². The van der Waals surface area contributed by atoms with Crippen LogP contribution in [0.2, 0.25) is 5.02 Å². The first-order valence-electron chi connectivity index (χ1n) is 8.41. The molecular formula is C17H20ClN3O3S2. The van der Waals surface area contributed by atoms with E-state index >= 15 is 0 Å². The van der Waals surface area contributed by atoms with Gasteiger partial charge in [-0.15, -0.1) is 10.2 Å². The summed E-state index contributed by atoms with van der Waals surface area (Å²) in [5.41, 5.74) is 0. The second-order valence-corrected chi connectivity index (χ2v) is 8.59. The summed E-state index contributed by atoms with van der Waals surface area (Å²) >= 11 is 8.63. The first kappa shape index (κ1) is 19.4. The van der Waals surface area contributed by atoms with Crippen LogP contribution in [0.25, 0.3) is 0 Å². The van der Waals surface area contributed by atoms with Crippen LogP contribution in [0.5, 0.6) is 5.75 Å². The molecule has 0 bridgehead atoms. The Bertz CT molecular complexity index is 737. The van der Waals surface area contributed by atoms with Crippen molar-refractivity contribution in [1.82, 2.24) is 10.2 Å². The summed E-state index contributed by atoms with van der Waals surface area (Å²) in [6.45, 7) is 2.04. The number of benzene rings is 1. The van der Waals surface area contributed by atoms with Crippen LogP contribution in [0, 0.1) is 0 Å². The fourth-order valence-electron chi connectivity index (χ4n) is 2.27. The Labute approximate surface area is 165 Å². The summed E-state index contributed by atoms with van der Waals surface area (Å²) in [6, 6.07) is 7.27. The monoisotopic (exact) mass is 413 g/mol. The zero-order chi connectivity index (χ0) is 18.5. The van der Waals surface area contributed by atoms with Crippen molar-refractivity contribution >= 4 is 45.7 Å². The number of aliphatic hydroxyl groups is 1. The average Bonchev–Trinajstić information content (AvgIpc) is 3.37. The molecule has 2 aromatic rings. The van der Waals surface area contributed by atoms with E-state index in [9.17, 15) is 9.90 Å². The van der Waals surface area contributed by atoms with Gasteiger partial charge in [0.2, 0.25) is 11.0 Å². The summed E-state index contributed by atoms with van der Waals surface area (Å²) in [5, 5.41) is 19.7. The Hall–Kier alpha value is -1.35. The van der Waals surface area contributed by atoms with Crippen molar-refractivity contribution in [1.29, 1.82) is 0 Å². The standard InChI is InChI=1S/C17H20ClN3O3S2/c1-2-15(23)21(12-5-6-12)16-19-20-17(26-16)25-10-13(22)9-24-14-7-3-11(18)4-8-14/h3-4,7-8,12-13,22H,2,5-6,9-10H2,1H3. The van der Waals surface area contributed by atoms with Crippen molar-refractivity contribution < 1.29 is 14.6 Å². The highest BCUT2D eigenvalue weighted by Crippen LogP contribution is 2.36. The van der Waals surface area contributed by atoms with Gasteiger partial charge in [0.15, 0.2) is 4.34 Å². The number of amides is 1. The fraction of sp³-hybridized carbons (Fsp3) is 0.471. The molecule has 26 heavy (non-hydrogen) atoms. The maximum atomic E-state index is 12.1. The van der Waals surface area contributed by atoms with E-state index in [1.54, 1.807) is 29.2 Å². The molecule has 1 aromatic carbocycles. The van der Waals surface area contributed by atoms with Crippen LogP contribution < -0.4 is 9.64 Å². The number of hydrogen-bond acceptors (Lipinski definition) is 7. The first-order valence-corrected chi connectivity index (χ1v) is 10.6. The van der Waals surface area contributed by atoms with Gasteiger partial charge in [-0.25, -0.2) is 0 Å². The molecule has 1 atom stereocenters. The molecule has 0 aliphatic heterocycles. The Balaban J connectivity index is 1.48. The highest BCUT2D eigenvalue weighted by molar-refractivity contribution is 8.01. The number of carbonyl (C=O) groups excluding carboxylic acids is 1. The Kier molecular flexibility index (Phi) is 6.74. The average molecular weight is 414 g/mol. The Morgan fingerprint density at radius 2 is 2.15 bits per heavy atom. The van der Waals surface area contributed by atoms with Gasteiger partial charge < -0.3 is 9.84 Å². The largest absolute Gasteiger partial charge is 0.491 e. The number of anilines is 1. The van der Waals surface area contributed by atoms with Gasteiger partial charge in [0.1, 0.15) is 12.4 Å². The van der Waals surface area contributed by atoms with Crippen molar-refractivity contribution in [2.75, 3.05) is 17.3 Å². The summed E-state index contributed by atoms with van der Waals surface area (Å²) in [4.78, 5) is 13.9. The zero-order valence-corrected chi connectivity index (χ0v) is 16.7. The van der Waals surface area contributed by atoms with Crippen molar-refractivity contribution in [3.05, 3.63) is 29.3 Å². The fourth-order valence-corrected chi connectivity index (χ4v) is 4.25. The Morgan fingerprint density at radius 3 is 2.81 bits per heavy atom. The summed E-state index contributed by atoms with van der Waals surface area (Å²) in [7, 11) is 0. The van der Waals surface area contributed by atoms with Crippen molar-refractivity contribution in [2.24, 2.45) is 0 Å². The molecule has 1 unspecified atom stereocenters. The smallest absolute Gasteiger partial charge is 0.228 e. The number of halogens is 1. The SMILES string of the molecule is CCC(=O)N(c1nnc(SCC(O)COc2ccc(Cl)cc2)s1)C1CC1. The van der Waals surface area contributed by atoms with E-state index in [0.717, 1.165) is 17.2 Å². The highest BCUT2D eigenvalue weighted by atomic mass is 35.5. The van der Waals surface area contributed by atoms with E-state index in [2.05, 4.69) is 10.2 Å². The molecule has 1 fully saturated rings. The minimum absolute atomic E-state index is 0.0802. The second-order valence-electron chi connectivity index (χ2n) is 5.93. The van der Waals surface area contributed by atoms with Crippen LogP contribution in [0.15, 0.2) is 28.6 Å². The van der Waals surface area contributed by atoms with Gasteiger partial charge in [-0.2, -0.15) is 0 Å². The molecule has 6 nitrogen and oxygen atoms in total. The van der Waals surface area contributed by atoms with Crippen LogP contribution in [0.1, 0.15) is 26.2 Å². The van der Waals surface area contributed by atoms with Gasteiger partial charge in [0.05, 0.1) is 6.10 Å². The van der Waals surface area contributed by atoms with Gasteiger partial charge in [-0.3, -0.25) is 9.69 Å². The molecule has 1 aromatic heterocycles. The first-order chi connectivity index (χ1) is 12.6. The van der Waals surface area contributed by atoms with Crippen LogP contribution in [-0.2, 0) is 4.79 Å². The lowest BCUT2D eigenvalue weighted by atomic mass is 10.3. The van der Waals surface area contributed by atoms with Crippen molar-refractivity contribution in [3.8, 4) is 5.75 Å². The molecule has 1 aliphatic rings. The number of rotatable bonds is 9. The summed E-state index contributed by atoms with van der Waals surface area (Å²) < 4.78 is 6.27. The molecule has 1 amide bonds. The number of aliphatic hydroxyl groups excluding tert-OH is 1. The number of ether oxygens (including phenoxy) is 1. The predicted octanol–water partition coefficient (Wildman–Crippen LogP) is 3.63. The van der Waals surface area contributed by atoms with Crippen LogP contribution in [0.4, 0.5) is 5.13 Å². The topological polar surface area (TPSA) is 75.6 Å². The van der Waals surface area contributed by atoms with E-state index in [0.29, 0.717) is 28.1 Å². The van der Waals surface area contributed by atoms with E-state index < -0.39 is 6.10 Å². The normalized spacial score (nSPS) is 14.9. The lowest BCUT2D eigenvalue weighted by Crippen LogP contribution is -2.32. The van der Waals surface area contributed by atoms with Crippen LogP contribution in [0.3, 0.4) is 0 Å². The third-order valence-electron chi connectivity index (χ3n) is 3.74. The van der Waals surface area contributed by atoms with Gasteiger partial charge in [0, 0.05) is 23.2 Å². The quantitative estimate of drug-likeness (QED) is 0.499. The third-order valence-corrected chi connectivity index (χ3v) is 6.19. The summed E-state index contributed by atoms with van der Waals surface area (Å²) in [6.07, 6.45) is 1.86. The molecule has 3 rings (SSSR count). The van der Waals surface area contributed by atoms with Gasteiger partial charge >= 0.3 is 0 Å². The van der Waals surface area contributed by atoms with Gasteiger partial charge in [-0.1, -0.05) is 41.6 Å². The van der Waals surface area contributed by atoms with Crippen molar-refractivity contribution in [3.63, 3.8) is 0 Å². The number of thioether (sulfide) groups is 1. The highest BCUT2D eigenvalue weighted by Gasteiger charge is 2.35. The molecule has 9 heteroatoms. The molecule has 0 spiro atoms. The minimum Gasteiger partial charge on any atom is -0.491 e. The van der Waals surface area contributed by atoms with E-state index in [4.69, 9.17) is 16.3 Å². The van der Waals surface area contributed by atoms with Gasteiger partial charge in [-0.05, 0) is 37.1 Å². The number of hydrogen-bond donors (Lipinski definition) is 1. The molecule has 1 N–H and O–H groups in total. The van der Waals surface area contributed by atoms with Crippen LogP contribution in [-0.4, -0.2) is 45.7 Å². The number of aromatic nitrogens is 2. The molecule has 140 valence electrons. The molecule has 0 radical (unpaired) electrons. The maximum Gasteiger partial charge on any atom is 0.228 e. The minimum atomic E-state index is -0.639. The van der Waals surface area contributed by atoms with Crippen molar-refractivity contribution in [2.45, 2.75) is 42.7 Å². The lowest BCUT2D eigenvalue weighted by Gasteiger charge is -2.17. The number of nitrogens with zero attached hydrogens (tertiary/aromatic N) is 3. The lowest BCUT2D eigenvalue weighted by molar-refractivity contribution is -0.118. The molecule has 1 saturated carbocycles. The number of carbonyl (C=O) groups is 1. The predicted molar refractivity (Wildman–Crippen MR) is 104 cm³/mol. The van der Waals surface area contributed by atoms with E-state index in [1.165, 1.54) is 23.1 Å². The molecule has 1 heterocycles.